The Morgan fingerprint density at radius 3 is 1.60 bits per heavy atom. The SMILES string of the molecule is B.C=C[SiH3].N. The number of hydrogen-bond donors (Lipinski definition) is 1. The van der Waals surface area contributed by atoms with Gasteiger partial charge in [-0.15, -0.1) is 12.3 Å². The Morgan fingerprint density at radius 2 is 1.60 bits per heavy atom. The van der Waals surface area contributed by atoms with Crippen LogP contribution in [0.15, 0.2) is 12.3 Å². The monoisotopic (exact) mass is 89.1 g/mol. The van der Waals surface area contributed by atoms with Gasteiger partial charge in [0.1, 0.15) is 0 Å². The average molecular weight is 89.0 g/mol. The quantitative estimate of drug-likeness (QED) is 0.359. The fourth-order valence-electron chi connectivity index (χ4n) is 0. The molecular formula is C2H12BNSi. The second-order valence-corrected chi connectivity index (χ2v) is 1.22. The molecule has 0 amide bonds. The van der Waals surface area contributed by atoms with Gasteiger partial charge < -0.3 is 6.15 Å². The van der Waals surface area contributed by atoms with Crippen LogP contribution >= 0.6 is 0 Å². The molecule has 0 fully saturated rings. The molecule has 5 heavy (non-hydrogen) atoms. The third-order valence-corrected chi connectivity index (χ3v) is 0. The summed E-state index contributed by atoms with van der Waals surface area (Å²) in [5.74, 6) is 0. The van der Waals surface area contributed by atoms with Crippen molar-refractivity contribution in [3.05, 3.63) is 12.3 Å². The van der Waals surface area contributed by atoms with Crippen LogP contribution in [0.25, 0.3) is 0 Å². The van der Waals surface area contributed by atoms with Crippen LogP contribution in [0.4, 0.5) is 0 Å². The van der Waals surface area contributed by atoms with Crippen molar-refractivity contribution in [3.8, 4) is 0 Å². The molecule has 1 nitrogen and oxygen atoms in total. The van der Waals surface area contributed by atoms with E-state index < -0.39 is 0 Å². The predicted octanol–water partition coefficient (Wildman–Crippen LogP) is -1.53. The first-order valence-electron chi connectivity index (χ1n) is 0.986. The van der Waals surface area contributed by atoms with E-state index in [2.05, 4.69) is 6.58 Å². The van der Waals surface area contributed by atoms with Gasteiger partial charge in [-0.3, -0.25) is 0 Å². The molecule has 3 N–H and O–H groups in total. The summed E-state index contributed by atoms with van der Waals surface area (Å²) in [6, 6.07) is 0. The summed E-state index contributed by atoms with van der Waals surface area (Å²) in [6.45, 7) is 3.42. The summed E-state index contributed by atoms with van der Waals surface area (Å²) in [7, 11) is 1.13. The van der Waals surface area contributed by atoms with Crippen molar-refractivity contribution in [3.63, 3.8) is 0 Å². The maximum Gasteiger partial charge on any atom is 0.0814 e. The lowest BCUT2D eigenvalue weighted by molar-refractivity contribution is 2.13. The van der Waals surface area contributed by atoms with Crippen molar-refractivity contribution in [1.82, 2.24) is 6.15 Å². The van der Waals surface area contributed by atoms with Crippen molar-refractivity contribution in [1.29, 1.82) is 0 Å². The molecule has 32 valence electrons. The van der Waals surface area contributed by atoms with Gasteiger partial charge in [0.25, 0.3) is 0 Å². The summed E-state index contributed by atoms with van der Waals surface area (Å²) in [4.78, 5) is 0. The fourth-order valence-corrected chi connectivity index (χ4v) is 0. The fraction of sp³-hybridized carbons (Fsp3) is 0. The van der Waals surface area contributed by atoms with Crippen LogP contribution in [0, 0.1) is 0 Å². The van der Waals surface area contributed by atoms with Crippen LogP contribution in [0.1, 0.15) is 0 Å². The van der Waals surface area contributed by atoms with Crippen LogP contribution < -0.4 is 6.15 Å². The molecule has 0 spiro atoms. The maximum atomic E-state index is 3.42. The average Bonchev–Trinajstić information content (AvgIpc) is 0.918. The van der Waals surface area contributed by atoms with Crippen molar-refractivity contribution < 1.29 is 0 Å². The largest absolute Gasteiger partial charge is 0.344 e. The second kappa shape index (κ2) is 36.7. The van der Waals surface area contributed by atoms with Crippen LogP contribution in [0.5, 0.6) is 0 Å². The Bertz CT molecular complexity index is 17.1. The third kappa shape index (κ3) is 47300. The molecule has 0 saturated carbocycles. The Morgan fingerprint density at radius 1 is 1.60 bits per heavy atom. The zero-order valence-corrected chi connectivity index (χ0v) is 4.99. The summed E-state index contributed by atoms with van der Waals surface area (Å²) in [6.07, 6.45) is 0. The van der Waals surface area contributed by atoms with E-state index in [4.69, 9.17) is 0 Å². The van der Waals surface area contributed by atoms with E-state index in [1.807, 2.05) is 5.70 Å². The predicted molar refractivity (Wildman–Crippen MR) is 35.1 cm³/mol. The van der Waals surface area contributed by atoms with Crippen molar-refractivity contribution in [2.75, 3.05) is 0 Å². The van der Waals surface area contributed by atoms with Gasteiger partial charge in [0.15, 0.2) is 0 Å². The molecule has 3 heteroatoms. The second-order valence-electron chi connectivity index (χ2n) is 0.408. The Balaban J connectivity index is -0.0000000200. The Kier molecular flexibility index (Phi) is 148. The first-order valence-corrected chi connectivity index (χ1v) is 2.14. The zero-order chi connectivity index (χ0) is 2.71. The summed E-state index contributed by atoms with van der Waals surface area (Å²) < 4.78 is 0. The third-order valence-electron chi connectivity index (χ3n) is 0. The number of hydrogen-bond acceptors (Lipinski definition) is 1. The van der Waals surface area contributed by atoms with Crippen LogP contribution in [0.3, 0.4) is 0 Å². The lowest BCUT2D eigenvalue weighted by Crippen LogP contribution is -1.29. The van der Waals surface area contributed by atoms with E-state index in [-0.39, 0.29) is 14.6 Å². The van der Waals surface area contributed by atoms with Crippen LogP contribution in [-0.4, -0.2) is 18.7 Å². The van der Waals surface area contributed by atoms with Crippen LogP contribution in [-0.2, 0) is 0 Å². The molecule has 0 aliphatic rings. The van der Waals surface area contributed by atoms with E-state index in [1.54, 1.807) is 0 Å². The molecule has 0 unspecified atom stereocenters. The van der Waals surface area contributed by atoms with E-state index in [0.29, 0.717) is 0 Å². The molecule has 0 saturated heterocycles. The van der Waals surface area contributed by atoms with Gasteiger partial charge in [-0.05, 0) is 0 Å². The molecule has 0 aliphatic carbocycles. The highest BCUT2D eigenvalue weighted by atomic mass is 28.1. The molecule has 0 heterocycles. The molecule has 0 aromatic heterocycles. The molecule has 0 bridgehead atoms. The highest BCUT2D eigenvalue weighted by Gasteiger charge is 1.16. The normalized spacial score (nSPS) is 3.20. The van der Waals surface area contributed by atoms with Gasteiger partial charge >= 0.3 is 0 Å². The summed E-state index contributed by atoms with van der Waals surface area (Å²) in [5, 5.41) is 0. The lowest BCUT2D eigenvalue weighted by Gasteiger charge is -1.29. The Hall–Kier alpha value is -0.0182. The first kappa shape index (κ1) is 20.1. The van der Waals surface area contributed by atoms with Crippen molar-refractivity contribution in [2.45, 2.75) is 0 Å². The number of rotatable bonds is 0. The van der Waals surface area contributed by atoms with Gasteiger partial charge in [-0.2, -0.15) is 0 Å². The summed E-state index contributed by atoms with van der Waals surface area (Å²) in [5.41, 5.74) is 1.89. The van der Waals surface area contributed by atoms with Crippen LogP contribution in [0.2, 0.25) is 0 Å². The lowest BCUT2D eigenvalue weighted by atomic mass is 10.8. The van der Waals surface area contributed by atoms with E-state index in [1.165, 1.54) is 0 Å². The van der Waals surface area contributed by atoms with Crippen molar-refractivity contribution in [2.24, 2.45) is 0 Å². The minimum atomic E-state index is 0. The molecular weight excluding hydrogens is 76.9 g/mol. The molecule has 0 rings (SSSR count). The highest BCUT2D eigenvalue weighted by Crippen LogP contribution is 1.24. The smallest absolute Gasteiger partial charge is 0.0814 e. The molecule has 0 radical (unpaired) electrons. The van der Waals surface area contributed by atoms with Gasteiger partial charge in [-0.1, -0.05) is 0 Å². The van der Waals surface area contributed by atoms with Gasteiger partial charge in [-0.25, -0.2) is 0 Å². The molecule has 0 aromatic rings. The van der Waals surface area contributed by atoms with Gasteiger partial charge in [0.05, 0.1) is 8.41 Å². The maximum absolute atomic E-state index is 3.42. The summed E-state index contributed by atoms with van der Waals surface area (Å²) >= 11 is 0. The van der Waals surface area contributed by atoms with Crippen molar-refractivity contribution >= 4 is 18.7 Å². The zero-order valence-electron chi connectivity index (χ0n) is 2.99. The van der Waals surface area contributed by atoms with Gasteiger partial charge in [0.2, 0.25) is 0 Å². The standard InChI is InChI=1S/C2H6Si.BH3.H3N/c1-2-3;;/h2H,1H2,3H3;2*1H3. The molecule has 0 atom stereocenters. The minimum absolute atomic E-state index is 0. The highest BCUT2D eigenvalue weighted by molar-refractivity contribution is 6.16. The van der Waals surface area contributed by atoms with E-state index in [0.717, 1.165) is 10.2 Å². The first-order chi connectivity index (χ1) is 1.41. The minimum Gasteiger partial charge on any atom is -0.344 e. The topological polar surface area (TPSA) is 35.0 Å². The molecule has 0 aliphatic heterocycles. The Labute approximate surface area is 38.0 Å². The van der Waals surface area contributed by atoms with E-state index >= 15 is 0 Å². The van der Waals surface area contributed by atoms with Gasteiger partial charge in [0, 0.05) is 10.2 Å². The molecule has 0 aromatic carbocycles. The van der Waals surface area contributed by atoms with E-state index in [9.17, 15) is 0 Å².